The van der Waals surface area contributed by atoms with E-state index in [1.54, 1.807) is 6.92 Å². The highest BCUT2D eigenvalue weighted by molar-refractivity contribution is 14.1. The predicted molar refractivity (Wildman–Crippen MR) is 30.6 cm³/mol. The van der Waals surface area contributed by atoms with Crippen LogP contribution in [0, 0.1) is 0 Å². The van der Waals surface area contributed by atoms with Crippen LogP contribution in [0.1, 0.15) is 6.92 Å². The van der Waals surface area contributed by atoms with Crippen LogP contribution >= 0.6 is 22.6 Å². The van der Waals surface area contributed by atoms with Gasteiger partial charge in [-0.15, -0.1) is 0 Å². The Morgan fingerprint density at radius 3 is 2.20 bits per heavy atom. The molecule has 0 aromatic carbocycles. The summed E-state index contributed by atoms with van der Waals surface area (Å²) in [6.07, 6.45) is -0.129. The SMILES string of the molecule is C[C@H](O)CI. The minimum absolute atomic E-state index is 0.129. The van der Waals surface area contributed by atoms with Crippen molar-refractivity contribution < 1.29 is 5.11 Å². The summed E-state index contributed by atoms with van der Waals surface area (Å²) in [5, 5.41) is 8.35. The summed E-state index contributed by atoms with van der Waals surface area (Å²) in [7, 11) is 0. The van der Waals surface area contributed by atoms with Crippen LogP contribution < -0.4 is 0 Å². The second kappa shape index (κ2) is 2.90. The number of aliphatic hydroxyl groups excluding tert-OH is 1. The van der Waals surface area contributed by atoms with E-state index in [1.807, 2.05) is 0 Å². The minimum Gasteiger partial charge on any atom is -0.393 e. The molecule has 5 heavy (non-hydrogen) atoms. The maximum atomic E-state index is 8.35. The molecule has 0 aliphatic carbocycles. The Balaban J connectivity index is 2.54. The lowest BCUT2D eigenvalue weighted by Crippen LogP contribution is -1.97. The lowest BCUT2D eigenvalue weighted by Gasteiger charge is -1.89. The standard InChI is InChI=1S/C3H7IO/c1-3(5)2-4/h3,5H,2H2,1H3/t3-/m0/s1. The monoisotopic (exact) mass is 186 g/mol. The van der Waals surface area contributed by atoms with Crippen molar-refractivity contribution in [2.75, 3.05) is 4.43 Å². The highest BCUT2D eigenvalue weighted by Gasteiger charge is 1.83. The van der Waals surface area contributed by atoms with Crippen LogP contribution in [0.3, 0.4) is 0 Å². The van der Waals surface area contributed by atoms with E-state index in [0.717, 1.165) is 4.43 Å². The fraction of sp³-hybridized carbons (Fsp3) is 1.00. The lowest BCUT2D eigenvalue weighted by molar-refractivity contribution is 0.223. The van der Waals surface area contributed by atoms with Crippen molar-refractivity contribution in [3.8, 4) is 0 Å². The second-order valence-electron chi connectivity index (χ2n) is 1.00. The van der Waals surface area contributed by atoms with E-state index in [-0.39, 0.29) is 6.10 Å². The molecule has 32 valence electrons. The van der Waals surface area contributed by atoms with Gasteiger partial charge in [-0.05, 0) is 6.92 Å². The van der Waals surface area contributed by atoms with E-state index in [2.05, 4.69) is 22.6 Å². The van der Waals surface area contributed by atoms with Crippen LogP contribution in [-0.2, 0) is 0 Å². The van der Waals surface area contributed by atoms with Crippen molar-refractivity contribution in [1.82, 2.24) is 0 Å². The van der Waals surface area contributed by atoms with Gasteiger partial charge in [-0.2, -0.15) is 0 Å². The number of rotatable bonds is 1. The first-order valence-electron chi connectivity index (χ1n) is 1.51. The number of hydrogen-bond donors (Lipinski definition) is 1. The van der Waals surface area contributed by atoms with E-state index in [0.29, 0.717) is 0 Å². The van der Waals surface area contributed by atoms with Crippen LogP contribution in [0.4, 0.5) is 0 Å². The van der Waals surface area contributed by atoms with Crippen LogP contribution in [0.2, 0.25) is 0 Å². The topological polar surface area (TPSA) is 20.2 Å². The molecule has 0 fully saturated rings. The fourth-order valence-electron chi connectivity index (χ4n) is 0. The zero-order chi connectivity index (χ0) is 4.28. The predicted octanol–water partition coefficient (Wildman–Crippen LogP) is 0.802. The van der Waals surface area contributed by atoms with Gasteiger partial charge >= 0.3 is 0 Å². The number of halogens is 1. The molecule has 1 atom stereocenters. The Morgan fingerprint density at radius 1 is 2.00 bits per heavy atom. The molecule has 0 rings (SSSR count). The van der Waals surface area contributed by atoms with Crippen LogP contribution in [0.25, 0.3) is 0 Å². The Hall–Kier alpha value is 0.690. The van der Waals surface area contributed by atoms with Gasteiger partial charge in [-0.25, -0.2) is 0 Å². The summed E-state index contributed by atoms with van der Waals surface area (Å²) in [6.45, 7) is 1.77. The molecule has 0 saturated heterocycles. The summed E-state index contributed by atoms with van der Waals surface area (Å²) in [5.41, 5.74) is 0. The fourth-order valence-corrected chi connectivity index (χ4v) is 0. The lowest BCUT2D eigenvalue weighted by atomic mass is 10.5. The summed E-state index contributed by atoms with van der Waals surface area (Å²) in [6, 6.07) is 0. The molecule has 0 radical (unpaired) electrons. The van der Waals surface area contributed by atoms with Crippen LogP contribution in [0.5, 0.6) is 0 Å². The van der Waals surface area contributed by atoms with Crippen LogP contribution in [-0.4, -0.2) is 15.6 Å². The third-order valence-electron chi connectivity index (χ3n) is 0.223. The first-order valence-corrected chi connectivity index (χ1v) is 3.04. The van der Waals surface area contributed by atoms with Gasteiger partial charge in [0.05, 0.1) is 6.10 Å². The molecular formula is C3H7IO. The maximum absolute atomic E-state index is 8.35. The number of aliphatic hydroxyl groups is 1. The molecule has 1 N–H and O–H groups in total. The molecule has 1 nitrogen and oxygen atoms in total. The normalized spacial score (nSPS) is 15.0. The molecule has 0 aromatic heterocycles. The van der Waals surface area contributed by atoms with E-state index < -0.39 is 0 Å². The Labute approximate surface area is 45.5 Å². The Kier molecular flexibility index (Phi) is 3.30. The zero-order valence-corrected chi connectivity index (χ0v) is 5.27. The summed E-state index contributed by atoms with van der Waals surface area (Å²) in [5.74, 6) is 0. The molecular weight excluding hydrogens is 179 g/mol. The first-order chi connectivity index (χ1) is 2.27. The smallest absolute Gasteiger partial charge is 0.0601 e. The minimum atomic E-state index is -0.129. The average Bonchev–Trinajstić information content (AvgIpc) is 1.38. The third kappa shape index (κ3) is 4.69. The molecule has 0 heterocycles. The van der Waals surface area contributed by atoms with Crippen molar-refractivity contribution in [1.29, 1.82) is 0 Å². The van der Waals surface area contributed by atoms with Crippen molar-refractivity contribution in [3.05, 3.63) is 0 Å². The summed E-state index contributed by atoms with van der Waals surface area (Å²) in [4.78, 5) is 0. The van der Waals surface area contributed by atoms with E-state index in [4.69, 9.17) is 5.11 Å². The summed E-state index contributed by atoms with van der Waals surface area (Å²) >= 11 is 2.13. The van der Waals surface area contributed by atoms with Crippen molar-refractivity contribution in [2.45, 2.75) is 13.0 Å². The molecule has 0 spiro atoms. The van der Waals surface area contributed by atoms with Gasteiger partial charge in [-0.3, -0.25) is 0 Å². The van der Waals surface area contributed by atoms with Crippen molar-refractivity contribution in [3.63, 3.8) is 0 Å². The Morgan fingerprint density at radius 2 is 2.20 bits per heavy atom. The maximum Gasteiger partial charge on any atom is 0.0601 e. The number of alkyl halides is 1. The molecule has 0 aromatic rings. The molecule has 0 saturated carbocycles. The van der Waals surface area contributed by atoms with Crippen LogP contribution in [0.15, 0.2) is 0 Å². The van der Waals surface area contributed by atoms with Crippen molar-refractivity contribution >= 4 is 22.6 Å². The molecule has 0 bridgehead atoms. The van der Waals surface area contributed by atoms with E-state index in [1.165, 1.54) is 0 Å². The van der Waals surface area contributed by atoms with Gasteiger partial charge in [0, 0.05) is 4.43 Å². The second-order valence-corrected chi connectivity index (χ2v) is 1.88. The van der Waals surface area contributed by atoms with Gasteiger partial charge in [-0.1, -0.05) is 22.6 Å². The quantitative estimate of drug-likeness (QED) is 0.474. The highest BCUT2D eigenvalue weighted by Crippen LogP contribution is 1.85. The largest absolute Gasteiger partial charge is 0.393 e. The molecule has 0 unspecified atom stereocenters. The zero-order valence-electron chi connectivity index (χ0n) is 3.11. The van der Waals surface area contributed by atoms with Gasteiger partial charge in [0.25, 0.3) is 0 Å². The first kappa shape index (κ1) is 5.69. The van der Waals surface area contributed by atoms with Gasteiger partial charge in [0.2, 0.25) is 0 Å². The summed E-state index contributed by atoms with van der Waals surface area (Å²) < 4.78 is 0.831. The number of hydrogen-bond acceptors (Lipinski definition) is 1. The average molecular weight is 186 g/mol. The van der Waals surface area contributed by atoms with E-state index in [9.17, 15) is 0 Å². The van der Waals surface area contributed by atoms with Crippen molar-refractivity contribution in [2.24, 2.45) is 0 Å². The van der Waals surface area contributed by atoms with E-state index >= 15 is 0 Å². The molecule has 0 aliphatic rings. The molecule has 2 heteroatoms. The Bertz CT molecular complexity index is 20.9. The molecule has 0 aliphatic heterocycles. The highest BCUT2D eigenvalue weighted by atomic mass is 127. The van der Waals surface area contributed by atoms with Gasteiger partial charge < -0.3 is 5.11 Å². The molecule has 0 amide bonds. The van der Waals surface area contributed by atoms with Gasteiger partial charge in [0.1, 0.15) is 0 Å². The van der Waals surface area contributed by atoms with Gasteiger partial charge in [0.15, 0.2) is 0 Å². The third-order valence-corrected chi connectivity index (χ3v) is 1.50.